The minimum Gasteiger partial charge on any atom is -0.364 e. The predicted molar refractivity (Wildman–Crippen MR) is 63.5 cm³/mol. The summed E-state index contributed by atoms with van der Waals surface area (Å²) in [6.07, 6.45) is 3.77. The molecule has 0 aliphatic rings. The Labute approximate surface area is 86.4 Å². The van der Waals surface area contributed by atoms with E-state index in [-0.39, 0.29) is 0 Å². The van der Waals surface area contributed by atoms with Gasteiger partial charge in [-0.1, -0.05) is 30.4 Å². The highest BCUT2D eigenvalue weighted by Gasteiger charge is 2.04. The Morgan fingerprint density at radius 2 is 1.64 bits per heavy atom. The molecule has 1 rings (SSSR count). The molecule has 1 heteroatoms. The van der Waals surface area contributed by atoms with Crippen molar-refractivity contribution in [1.82, 2.24) is 0 Å². The molecule has 0 aromatic heterocycles. The highest BCUT2D eigenvalue weighted by atomic mass is 15.1. The fraction of sp³-hybridized carbons (Fsp3) is 0.154. The molecule has 0 atom stereocenters. The van der Waals surface area contributed by atoms with Crippen molar-refractivity contribution in [3.63, 3.8) is 0 Å². The van der Waals surface area contributed by atoms with Gasteiger partial charge in [0.15, 0.2) is 0 Å². The van der Waals surface area contributed by atoms with Crippen LogP contribution in [0.1, 0.15) is 5.56 Å². The summed E-state index contributed by atoms with van der Waals surface area (Å²) in [5.41, 5.74) is 2.18. The molecular weight excluding hydrogens is 170 g/mol. The monoisotopic (exact) mass is 186 g/mol. The number of para-hydroxylation sites is 1. The van der Waals surface area contributed by atoms with Crippen LogP contribution in [0.25, 0.3) is 0 Å². The second-order valence-corrected chi connectivity index (χ2v) is 3.11. The zero-order chi connectivity index (χ0) is 10.4. The summed E-state index contributed by atoms with van der Waals surface area (Å²) < 4.78 is 0. The summed E-state index contributed by atoms with van der Waals surface area (Å²) in [5.74, 6) is 0. The van der Waals surface area contributed by atoms with E-state index in [4.69, 9.17) is 0 Å². The summed E-state index contributed by atoms with van der Waals surface area (Å²) in [6.45, 7) is 13.1. The lowest BCUT2D eigenvalue weighted by molar-refractivity contribution is 0.953. The largest absolute Gasteiger partial charge is 0.364 e. The average molecular weight is 186 g/mol. The molecule has 0 spiro atoms. The normalized spacial score (nSPS) is 9.50. The summed E-state index contributed by atoms with van der Waals surface area (Å²) in [6, 6.07) is 8.08. The van der Waals surface area contributed by atoms with Crippen molar-refractivity contribution in [2.24, 2.45) is 0 Å². The fourth-order valence-corrected chi connectivity index (χ4v) is 1.40. The van der Waals surface area contributed by atoms with E-state index in [1.54, 1.807) is 0 Å². The fourth-order valence-electron chi connectivity index (χ4n) is 1.40. The van der Waals surface area contributed by atoms with Crippen molar-refractivity contribution in [3.05, 3.63) is 62.1 Å². The Kier molecular flexibility index (Phi) is 3.99. The molecule has 1 nitrogen and oxygen atoms in total. The topological polar surface area (TPSA) is 3.24 Å². The van der Waals surface area contributed by atoms with Gasteiger partial charge < -0.3 is 4.90 Å². The van der Waals surface area contributed by atoms with Crippen LogP contribution in [0.15, 0.2) is 49.6 Å². The lowest BCUT2D eigenvalue weighted by atomic mass is 10.2. The summed E-state index contributed by atoms with van der Waals surface area (Å²) in [4.78, 5) is 2.18. The lowest BCUT2D eigenvalue weighted by Gasteiger charge is -2.23. The third kappa shape index (κ3) is 2.49. The number of hydrogen-bond donors (Lipinski definition) is 0. The van der Waals surface area contributed by atoms with E-state index in [1.165, 1.54) is 0 Å². The molecule has 0 heterocycles. The van der Waals surface area contributed by atoms with Gasteiger partial charge in [-0.2, -0.15) is 0 Å². The minimum atomic E-state index is 0.818. The van der Waals surface area contributed by atoms with Crippen LogP contribution in [-0.4, -0.2) is 13.1 Å². The first-order chi connectivity index (χ1) is 6.79. The number of rotatable bonds is 5. The van der Waals surface area contributed by atoms with Crippen LogP contribution >= 0.6 is 0 Å². The maximum absolute atomic E-state index is 4.00. The van der Waals surface area contributed by atoms with Crippen LogP contribution in [-0.2, 0) is 0 Å². The second kappa shape index (κ2) is 5.28. The van der Waals surface area contributed by atoms with E-state index < -0.39 is 0 Å². The second-order valence-electron chi connectivity index (χ2n) is 3.11. The Morgan fingerprint density at radius 1 is 1.07 bits per heavy atom. The quantitative estimate of drug-likeness (QED) is 0.639. The van der Waals surface area contributed by atoms with Crippen LogP contribution in [0.5, 0.6) is 0 Å². The summed E-state index contributed by atoms with van der Waals surface area (Å²) in [7, 11) is 0. The molecule has 0 N–H and O–H groups in total. The van der Waals surface area contributed by atoms with E-state index in [0.29, 0.717) is 0 Å². The molecule has 0 fully saturated rings. The van der Waals surface area contributed by atoms with Gasteiger partial charge in [-0.15, -0.1) is 13.2 Å². The molecule has 1 aromatic carbocycles. The molecule has 0 aliphatic heterocycles. The van der Waals surface area contributed by atoms with E-state index in [2.05, 4.69) is 31.0 Å². The van der Waals surface area contributed by atoms with Gasteiger partial charge in [0.25, 0.3) is 0 Å². The molecule has 0 aliphatic carbocycles. The van der Waals surface area contributed by atoms with Crippen molar-refractivity contribution < 1.29 is 0 Å². The maximum Gasteiger partial charge on any atom is 0.0404 e. The molecule has 0 saturated heterocycles. The van der Waals surface area contributed by atoms with Crippen LogP contribution in [0.4, 0.5) is 5.69 Å². The van der Waals surface area contributed by atoms with Gasteiger partial charge in [0, 0.05) is 18.8 Å². The molecule has 73 valence electrons. The maximum atomic E-state index is 4.00. The van der Waals surface area contributed by atoms with Gasteiger partial charge in [-0.05, 0) is 18.6 Å². The molecule has 14 heavy (non-hydrogen) atoms. The number of anilines is 1. The number of benzene rings is 1. The standard InChI is InChI=1S/C13H16N/c1-4-10-14(11-5-2)13-9-7-6-8-12(13)3/h4-9H,1-3,10-11H2. The van der Waals surface area contributed by atoms with Gasteiger partial charge in [0.2, 0.25) is 0 Å². The van der Waals surface area contributed by atoms with Gasteiger partial charge >= 0.3 is 0 Å². The highest BCUT2D eigenvalue weighted by molar-refractivity contribution is 5.55. The SMILES string of the molecule is [CH2]c1ccccc1N(CC=C)CC=C. The van der Waals surface area contributed by atoms with Crippen LogP contribution in [0.2, 0.25) is 0 Å². The third-order valence-electron chi connectivity index (χ3n) is 2.03. The van der Waals surface area contributed by atoms with Crippen molar-refractivity contribution in [1.29, 1.82) is 0 Å². The molecule has 0 bridgehead atoms. The van der Waals surface area contributed by atoms with E-state index in [9.17, 15) is 0 Å². The smallest absolute Gasteiger partial charge is 0.0404 e. The molecule has 0 unspecified atom stereocenters. The first-order valence-corrected chi connectivity index (χ1v) is 4.67. The zero-order valence-corrected chi connectivity index (χ0v) is 8.45. The molecule has 1 radical (unpaired) electrons. The van der Waals surface area contributed by atoms with Crippen molar-refractivity contribution >= 4 is 5.69 Å². The van der Waals surface area contributed by atoms with Crippen LogP contribution in [0.3, 0.4) is 0 Å². The molecule has 1 aromatic rings. The van der Waals surface area contributed by atoms with Crippen LogP contribution in [0, 0.1) is 6.92 Å². The minimum absolute atomic E-state index is 0.818. The Morgan fingerprint density at radius 3 is 2.14 bits per heavy atom. The summed E-state index contributed by atoms with van der Waals surface area (Å²) in [5, 5.41) is 0. The van der Waals surface area contributed by atoms with Crippen molar-refractivity contribution in [3.8, 4) is 0 Å². The van der Waals surface area contributed by atoms with E-state index in [1.807, 2.05) is 30.4 Å². The van der Waals surface area contributed by atoms with E-state index in [0.717, 1.165) is 24.3 Å². The molecule has 0 amide bonds. The highest BCUT2D eigenvalue weighted by Crippen LogP contribution is 2.18. The zero-order valence-electron chi connectivity index (χ0n) is 8.45. The van der Waals surface area contributed by atoms with E-state index >= 15 is 0 Å². The predicted octanol–water partition coefficient (Wildman–Crippen LogP) is 3.05. The van der Waals surface area contributed by atoms with Gasteiger partial charge in [0.1, 0.15) is 0 Å². The Balaban J connectivity index is 2.91. The Hall–Kier alpha value is -1.50. The van der Waals surface area contributed by atoms with Gasteiger partial charge in [-0.25, -0.2) is 0 Å². The Bertz CT molecular complexity index is 305. The van der Waals surface area contributed by atoms with Gasteiger partial charge in [0.05, 0.1) is 0 Å². The first-order valence-electron chi connectivity index (χ1n) is 4.67. The van der Waals surface area contributed by atoms with Crippen molar-refractivity contribution in [2.45, 2.75) is 0 Å². The lowest BCUT2D eigenvalue weighted by Crippen LogP contribution is -2.23. The third-order valence-corrected chi connectivity index (χ3v) is 2.03. The number of hydrogen-bond acceptors (Lipinski definition) is 1. The average Bonchev–Trinajstić information content (AvgIpc) is 2.18. The van der Waals surface area contributed by atoms with Gasteiger partial charge in [-0.3, -0.25) is 0 Å². The van der Waals surface area contributed by atoms with Crippen molar-refractivity contribution in [2.75, 3.05) is 18.0 Å². The first kappa shape index (κ1) is 10.6. The molecular formula is C13H16N. The summed E-state index contributed by atoms with van der Waals surface area (Å²) >= 11 is 0. The molecule has 0 saturated carbocycles. The number of nitrogens with zero attached hydrogens (tertiary/aromatic N) is 1. The van der Waals surface area contributed by atoms with Crippen LogP contribution < -0.4 is 4.90 Å².